The first-order chi connectivity index (χ1) is 8.23. The van der Waals surface area contributed by atoms with Crippen LogP contribution >= 0.6 is 0 Å². The van der Waals surface area contributed by atoms with Crippen molar-refractivity contribution in [3.05, 3.63) is 0 Å². The summed E-state index contributed by atoms with van der Waals surface area (Å²) in [6.45, 7) is 9.72. The standard InChI is InChI=1S/C12H28N4O/c1-5-11(6-2)10-16(7-3)12(15-13)14-8-9-17-4/h11H,5-10,13H2,1-4H3,(H,14,15). The molecule has 0 aromatic heterocycles. The summed E-state index contributed by atoms with van der Waals surface area (Å²) < 4.78 is 4.98. The van der Waals surface area contributed by atoms with E-state index in [1.807, 2.05) is 0 Å². The quantitative estimate of drug-likeness (QED) is 0.221. The van der Waals surface area contributed by atoms with Gasteiger partial charge in [-0.15, -0.1) is 0 Å². The van der Waals surface area contributed by atoms with E-state index in [-0.39, 0.29) is 0 Å². The number of ether oxygens (including phenoxy) is 1. The maximum Gasteiger partial charge on any atom is 0.208 e. The predicted molar refractivity (Wildman–Crippen MR) is 72.8 cm³/mol. The predicted octanol–water partition coefficient (Wildman–Crippen LogP) is 1.21. The normalized spacial score (nSPS) is 12.0. The Morgan fingerprint density at radius 2 is 2.00 bits per heavy atom. The molecule has 0 aromatic rings. The van der Waals surface area contributed by atoms with Crippen molar-refractivity contribution in [3.63, 3.8) is 0 Å². The Labute approximate surface area is 105 Å². The number of guanidine groups is 1. The highest BCUT2D eigenvalue weighted by Crippen LogP contribution is 2.09. The first-order valence-corrected chi connectivity index (χ1v) is 6.48. The lowest BCUT2D eigenvalue weighted by atomic mass is 10.0. The first kappa shape index (κ1) is 16.2. The molecule has 5 nitrogen and oxygen atoms in total. The third-order valence-electron chi connectivity index (χ3n) is 3.00. The fourth-order valence-corrected chi connectivity index (χ4v) is 1.70. The molecule has 17 heavy (non-hydrogen) atoms. The molecular weight excluding hydrogens is 216 g/mol. The number of nitrogens with two attached hydrogens (primary N) is 1. The zero-order valence-electron chi connectivity index (χ0n) is 11.7. The minimum Gasteiger partial charge on any atom is -0.383 e. The SMILES string of the molecule is CCC(CC)CN(CC)C(=NCCOC)NN. The Kier molecular flexibility index (Phi) is 9.86. The van der Waals surface area contributed by atoms with Gasteiger partial charge >= 0.3 is 0 Å². The van der Waals surface area contributed by atoms with Gasteiger partial charge in [0.2, 0.25) is 5.96 Å². The smallest absolute Gasteiger partial charge is 0.208 e. The molecule has 0 unspecified atom stereocenters. The Bertz CT molecular complexity index is 205. The van der Waals surface area contributed by atoms with E-state index in [1.165, 1.54) is 12.8 Å². The van der Waals surface area contributed by atoms with Crippen molar-refractivity contribution in [2.45, 2.75) is 33.6 Å². The highest BCUT2D eigenvalue weighted by Gasteiger charge is 2.13. The Morgan fingerprint density at radius 1 is 1.35 bits per heavy atom. The number of nitrogens with one attached hydrogen (secondary N) is 1. The van der Waals surface area contributed by atoms with E-state index in [9.17, 15) is 0 Å². The van der Waals surface area contributed by atoms with Crippen LogP contribution in [0.1, 0.15) is 33.6 Å². The highest BCUT2D eigenvalue weighted by molar-refractivity contribution is 5.79. The first-order valence-electron chi connectivity index (χ1n) is 6.48. The molecule has 0 atom stereocenters. The molecule has 0 saturated carbocycles. The number of methoxy groups -OCH3 is 1. The van der Waals surface area contributed by atoms with Crippen LogP contribution in [-0.2, 0) is 4.74 Å². The zero-order valence-corrected chi connectivity index (χ0v) is 11.7. The summed E-state index contributed by atoms with van der Waals surface area (Å²) in [6, 6.07) is 0. The van der Waals surface area contributed by atoms with Crippen LogP contribution in [0.5, 0.6) is 0 Å². The van der Waals surface area contributed by atoms with Crippen molar-refractivity contribution < 1.29 is 4.74 Å². The second kappa shape index (κ2) is 10.4. The van der Waals surface area contributed by atoms with E-state index in [1.54, 1.807) is 7.11 Å². The van der Waals surface area contributed by atoms with Crippen molar-refractivity contribution in [2.24, 2.45) is 16.8 Å². The summed E-state index contributed by atoms with van der Waals surface area (Å²) in [4.78, 5) is 6.59. The summed E-state index contributed by atoms with van der Waals surface area (Å²) in [7, 11) is 1.67. The van der Waals surface area contributed by atoms with Crippen LogP contribution in [0.15, 0.2) is 4.99 Å². The molecule has 0 bridgehead atoms. The molecule has 5 heteroatoms. The van der Waals surface area contributed by atoms with E-state index in [0.29, 0.717) is 19.1 Å². The lowest BCUT2D eigenvalue weighted by Crippen LogP contribution is -2.46. The number of hydrogen-bond acceptors (Lipinski definition) is 3. The van der Waals surface area contributed by atoms with Crippen molar-refractivity contribution >= 4 is 5.96 Å². The number of rotatable bonds is 8. The van der Waals surface area contributed by atoms with Gasteiger partial charge in [0.15, 0.2) is 0 Å². The van der Waals surface area contributed by atoms with Crippen LogP contribution in [0.25, 0.3) is 0 Å². The zero-order chi connectivity index (χ0) is 13.1. The van der Waals surface area contributed by atoms with Crippen LogP contribution < -0.4 is 11.3 Å². The molecule has 0 spiro atoms. The van der Waals surface area contributed by atoms with Gasteiger partial charge in [-0.1, -0.05) is 26.7 Å². The third kappa shape index (κ3) is 6.48. The molecule has 0 aromatic carbocycles. The maximum atomic E-state index is 5.53. The number of hydrogen-bond donors (Lipinski definition) is 2. The van der Waals surface area contributed by atoms with E-state index < -0.39 is 0 Å². The van der Waals surface area contributed by atoms with Crippen LogP contribution in [0.2, 0.25) is 0 Å². The monoisotopic (exact) mass is 244 g/mol. The second-order valence-electron chi connectivity index (χ2n) is 4.06. The van der Waals surface area contributed by atoms with Gasteiger partial charge in [-0.25, -0.2) is 10.8 Å². The summed E-state index contributed by atoms with van der Waals surface area (Å²) in [5.74, 6) is 6.98. The number of nitrogens with zero attached hydrogens (tertiary/aromatic N) is 2. The largest absolute Gasteiger partial charge is 0.383 e. The summed E-state index contributed by atoms with van der Waals surface area (Å²) in [6.07, 6.45) is 2.37. The van der Waals surface area contributed by atoms with Crippen molar-refractivity contribution in [2.75, 3.05) is 33.4 Å². The van der Waals surface area contributed by atoms with Crippen LogP contribution in [0.3, 0.4) is 0 Å². The number of aliphatic imine (C=N–C) groups is 1. The lowest BCUT2D eigenvalue weighted by molar-refractivity contribution is 0.207. The third-order valence-corrected chi connectivity index (χ3v) is 3.00. The van der Waals surface area contributed by atoms with Crippen molar-refractivity contribution in [1.82, 2.24) is 10.3 Å². The Hall–Kier alpha value is -0.810. The Morgan fingerprint density at radius 3 is 2.41 bits per heavy atom. The average molecular weight is 244 g/mol. The van der Waals surface area contributed by atoms with E-state index in [0.717, 1.165) is 19.0 Å². The van der Waals surface area contributed by atoms with E-state index >= 15 is 0 Å². The molecule has 0 rings (SSSR count). The van der Waals surface area contributed by atoms with E-state index in [2.05, 4.69) is 36.1 Å². The van der Waals surface area contributed by atoms with Crippen LogP contribution in [0.4, 0.5) is 0 Å². The summed E-state index contributed by atoms with van der Waals surface area (Å²) >= 11 is 0. The molecular formula is C12H28N4O. The molecule has 0 aliphatic rings. The molecule has 3 N–H and O–H groups in total. The van der Waals surface area contributed by atoms with Gasteiger partial charge in [-0.2, -0.15) is 0 Å². The van der Waals surface area contributed by atoms with Gasteiger partial charge in [0, 0.05) is 20.2 Å². The van der Waals surface area contributed by atoms with Gasteiger partial charge in [0.1, 0.15) is 0 Å². The summed E-state index contributed by atoms with van der Waals surface area (Å²) in [5.41, 5.74) is 2.69. The van der Waals surface area contributed by atoms with Gasteiger partial charge in [-0.05, 0) is 12.8 Å². The fraction of sp³-hybridized carbons (Fsp3) is 0.917. The van der Waals surface area contributed by atoms with Gasteiger partial charge in [0.05, 0.1) is 13.2 Å². The topological polar surface area (TPSA) is 62.9 Å². The van der Waals surface area contributed by atoms with Gasteiger partial charge < -0.3 is 9.64 Å². The second-order valence-corrected chi connectivity index (χ2v) is 4.06. The molecule has 0 saturated heterocycles. The van der Waals surface area contributed by atoms with Gasteiger partial charge in [-0.3, -0.25) is 5.43 Å². The van der Waals surface area contributed by atoms with Crippen LogP contribution in [0, 0.1) is 5.92 Å². The minimum atomic E-state index is 0.619. The Balaban J connectivity index is 4.41. The highest BCUT2D eigenvalue weighted by atomic mass is 16.5. The van der Waals surface area contributed by atoms with Gasteiger partial charge in [0.25, 0.3) is 0 Å². The average Bonchev–Trinajstić information content (AvgIpc) is 2.37. The molecule has 102 valence electrons. The van der Waals surface area contributed by atoms with Crippen molar-refractivity contribution in [1.29, 1.82) is 0 Å². The number of hydrazine groups is 1. The van der Waals surface area contributed by atoms with E-state index in [4.69, 9.17) is 10.6 Å². The molecule has 0 radical (unpaired) electrons. The summed E-state index contributed by atoms with van der Waals surface area (Å²) in [5, 5.41) is 0. The lowest BCUT2D eigenvalue weighted by Gasteiger charge is -2.27. The fourth-order valence-electron chi connectivity index (χ4n) is 1.70. The molecule has 0 aliphatic heterocycles. The minimum absolute atomic E-state index is 0.619. The molecule has 0 aliphatic carbocycles. The molecule has 0 heterocycles. The molecule has 0 fully saturated rings. The van der Waals surface area contributed by atoms with Crippen LogP contribution in [-0.4, -0.2) is 44.2 Å². The maximum absolute atomic E-state index is 5.53. The molecule has 0 amide bonds. The van der Waals surface area contributed by atoms with Crippen molar-refractivity contribution in [3.8, 4) is 0 Å².